The molecule has 5 nitrogen and oxygen atoms in total. The van der Waals surface area contributed by atoms with Gasteiger partial charge in [-0.05, 0) is 34.6 Å². The summed E-state index contributed by atoms with van der Waals surface area (Å²) in [6.45, 7) is 13.3. The third kappa shape index (κ3) is 5.69. The van der Waals surface area contributed by atoms with Gasteiger partial charge in [-0.25, -0.2) is 4.79 Å². The van der Waals surface area contributed by atoms with Gasteiger partial charge in [-0.15, -0.1) is 0 Å². The van der Waals surface area contributed by atoms with E-state index in [0.29, 0.717) is 6.54 Å². The fourth-order valence-electron chi connectivity index (χ4n) is 2.06. The number of nitrogens with zero attached hydrogens (tertiary/aromatic N) is 2. The first-order valence-electron chi connectivity index (χ1n) is 6.59. The van der Waals surface area contributed by atoms with Crippen molar-refractivity contribution in [3.8, 4) is 0 Å². The quantitative estimate of drug-likeness (QED) is 0.772. The topological polar surface area (TPSA) is 55.8 Å². The summed E-state index contributed by atoms with van der Waals surface area (Å²) in [5, 5.41) is 12.7. The molecule has 0 aromatic carbocycles. The van der Waals surface area contributed by atoms with Crippen molar-refractivity contribution in [1.29, 1.82) is 0 Å². The molecule has 0 atom stereocenters. The molecule has 2 amide bonds. The summed E-state index contributed by atoms with van der Waals surface area (Å²) in [4.78, 5) is 16.0. The Labute approximate surface area is 110 Å². The van der Waals surface area contributed by atoms with Gasteiger partial charge in [-0.1, -0.05) is 0 Å². The second-order valence-corrected chi connectivity index (χ2v) is 6.76. The van der Waals surface area contributed by atoms with Gasteiger partial charge in [-0.3, -0.25) is 4.90 Å². The largest absolute Gasteiger partial charge is 0.389 e. The van der Waals surface area contributed by atoms with Gasteiger partial charge < -0.3 is 15.3 Å². The van der Waals surface area contributed by atoms with Crippen molar-refractivity contribution in [3.63, 3.8) is 0 Å². The number of nitrogens with one attached hydrogen (secondary N) is 1. The lowest BCUT2D eigenvalue weighted by Crippen LogP contribution is -2.56. The molecule has 0 aromatic heterocycles. The first kappa shape index (κ1) is 15.2. The maximum Gasteiger partial charge on any atom is 0.317 e. The van der Waals surface area contributed by atoms with Gasteiger partial charge in [0.05, 0.1) is 5.60 Å². The van der Waals surface area contributed by atoms with Crippen molar-refractivity contribution in [2.45, 2.75) is 45.8 Å². The van der Waals surface area contributed by atoms with Crippen LogP contribution in [0.3, 0.4) is 0 Å². The minimum Gasteiger partial charge on any atom is -0.389 e. The highest BCUT2D eigenvalue weighted by Gasteiger charge is 2.26. The van der Waals surface area contributed by atoms with E-state index in [1.807, 2.05) is 39.5 Å². The number of rotatable bonds is 2. The summed E-state index contributed by atoms with van der Waals surface area (Å²) in [5.74, 6) is 0. The smallest absolute Gasteiger partial charge is 0.317 e. The SMILES string of the molecule is CC(C)(O)CN1CCN(C(=O)NC(C)(C)C)CC1. The van der Waals surface area contributed by atoms with Gasteiger partial charge in [0, 0.05) is 38.3 Å². The van der Waals surface area contributed by atoms with Crippen molar-refractivity contribution in [3.05, 3.63) is 0 Å². The van der Waals surface area contributed by atoms with E-state index in [9.17, 15) is 9.90 Å². The third-order valence-corrected chi connectivity index (χ3v) is 2.75. The number of carbonyl (C=O) groups excluding carboxylic acids is 1. The number of carbonyl (C=O) groups is 1. The maximum atomic E-state index is 12.0. The van der Waals surface area contributed by atoms with Crippen LogP contribution in [0.4, 0.5) is 4.79 Å². The highest BCUT2D eigenvalue weighted by molar-refractivity contribution is 5.75. The molecule has 0 bridgehead atoms. The molecule has 1 aliphatic heterocycles. The molecule has 106 valence electrons. The molecule has 0 aromatic rings. The normalized spacial score (nSPS) is 18.9. The highest BCUT2D eigenvalue weighted by atomic mass is 16.3. The number of amides is 2. The monoisotopic (exact) mass is 257 g/mol. The first-order chi connectivity index (χ1) is 8.07. The zero-order valence-corrected chi connectivity index (χ0v) is 12.3. The Bertz CT molecular complexity index is 284. The van der Waals surface area contributed by atoms with Crippen molar-refractivity contribution in [1.82, 2.24) is 15.1 Å². The molecule has 1 rings (SSSR count). The van der Waals surface area contributed by atoms with Gasteiger partial charge >= 0.3 is 6.03 Å². The average molecular weight is 257 g/mol. The van der Waals surface area contributed by atoms with Crippen molar-refractivity contribution < 1.29 is 9.90 Å². The number of hydrogen-bond donors (Lipinski definition) is 2. The number of hydrogen-bond acceptors (Lipinski definition) is 3. The molecule has 1 aliphatic rings. The standard InChI is InChI=1S/C13H27N3O2/c1-12(2,3)14-11(17)16-8-6-15(7-9-16)10-13(4,5)18/h18H,6-10H2,1-5H3,(H,14,17). The molecular formula is C13H27N3O2. The number of urea groups is 1. The second-order valence-electron chi connectivity index (χ2n) is 6.76. The molecule has 0 unspecified atom stereocenters. The van der Waals surface area contributed by atoms with Crippen LogP contribution >= 0.6 is 0 Å². The van der Waals surface area contributed by atoms with Crippen LogP contribution in [-0.2, 0) is 0 Å². The fourth-order valence-corrected chi connectivity index (χ4v) is 2.06. The molecule has 5 heteroatoms. The van der Waals surface area contributed by atoms with Crippen LogP contribution in [0.1, 0.15) is 34.6 Å². The molecule has 1 fully saturated rings. The maximum absolute atomic E-state index is 12.0. The molecule has 1 saturated heterocycles. The zero-order chi connectivity index (χ0) is 14.0. The molecule has 0 radical (unpaired) electrons. The third-order valence-electron chi connectivity index (χ3n) is 2.75. The summed E-state index contributed by atoms with van der Waals surface area (Å²) >= 11 is 0. The van der Waals surface area contributed by atoms with Crippen molar-refractivity contribution in [2.24, 2.45) is 0 Å². The lowest BCUT2D eigenvalue weighted by atomic mass is 10.1. The minimum absolute atomic E-state index is 0.00501. The molecule has 0 saturated carbocycles. The summed E-state index contributed by atoms with van der Waals surface area (Å²) in [6.07, 6.45) is 0. The summed E-state index contributed by atoms with van der Waals surface area (Å²) < 4.78 is 0. The van der Waals surface area contributed by atoms with Crippen LogP contribution in [0, 0.1) is 0 Å². The van der Waals surface area contributed by atoms with Gasteiger partial charge in [0.15, 0.2) is 0 Å². The second kappa shape index (κ2) is 5.45. The Morgan fingerprint density at radius 3 is 2.00 bits per heavy atom. The fraction of sp³-hybridized carbons (Fsp3) is 0.923. The van der Waals surface area contributed by atoms with E-state index in [-0.39, 0.29) is 11.6 Å². The predicted molar refractivity (Wildman–Crippen MR) is 72.6 cm³/mol. The number of piperazine rings is 1. The van der Waals surface area contributed by atoms with Crippen LogP contribution in [-0.4, -0.2) is 64.8 Å². The number of β-amino-alcohol motifs (C(OH)–C–C–N with tert-alkyl or cyclic N) is 1. The van der Waals surface area contributed by atoms with E-state index in [1.54, 1.807) is 0 Å². The van der Waals surface area contributed by atoms with Crippen LogP contribution < -0.4 is 5.32 Å². The predicted octanol–water partition coefficient (Wildman–Crippen LogP) is 0.883. The van der Waals surface area contributed by atoms with E-state index in [4.69, 9.17) is 0 Å². The minimum atomic E-state index is -0.671. The average Bonchev–Trinajstić information content (AvgIpc) is 2.13. The van der Waals surface area contributed by atoms with Gasteiger partial charge in [-0.2, -0.15) is 0 Å². The molecule has 18 heavy (non-hydrogen) atoms. The van der Waals surface area contributed by atoms with Crippen molar-refractivity contribution in [2.75, 3.05) is 32.7 Å². The van der Waals surface area contributed by atoms with Gasteiger partial charge in [0.25, 0.3) is 0 Å². The van der Waals surface area contributed by atoms with E-state index < -0.39 is 5.60 Å². The Kier molecular flexibility index (Phi) is 4.61. The summed E-state index contributed by atoms with van der Waals surface area (Å²) in [6, 6.07) is 0.00501. The zero-order valence-electron chi connectivity index (χ0n) is 12.3. The Balaban J connectivity index is 2.37. The highest BCUT2D eigenvalue weighted by Crippen LogP contribution is 2.09. The summed E-state index contributed by atoms with van der Waals surface area (Å²) in [7, 11) is 0. The molecule has 1 heterocycles. The van der Waals surface area contributed by atoms with E-state index in [1.165, 1.54) is 0 Å². The molecule has 2 N–H and O–H groups in total. The van der Waals surface area contributed by atoms with E-state index in [2.05, 4.69) is 10.2 Å². The van der Waals surface area contributed by atoms with Crippen LogP contribution in [0.25, 0.3) is 0 Å². The first-order valence-corrected chi connectivity index (χ1v) is 6.59. The summed E-state index contributed by atoms with van der Waals surface area (Å²) in [5.41, 5.74) is -0.864. The number of aliphatic hydroxyl groups is 1. The van der Waals surface area contributed by atoms with Crippen LogP contribution in [0.2, 0.25) is 0 Å². The van der Waals surface area contributed by atoms with E-state index >= 15 is 0 Å². The Hall–Kier alpha value is -0.810. The van der Waals surface area contributed by atoms with Gasteiger partial charge in [0.1, 0.15) is 0 Å². The van der Waals surface area contributed by atoms with Gasteiger partial charge in [0.2, 0.25) is 0 Å². The Morgan fingerprint density at radius 1 is 1.11 bits per heavy atom. The lowest BCUT2D eigenvalue weighted by Gasteiger charge is -2.38. The molecule has 0 aliphatic carbocycles. The van der Waals surface area contributed by atoms with Crippen molar-refractivity contribution >= 4 is 6.03 Å². The van der Waals surface area contributed by atoms with Crippen LogP contribution in [0.5, 0.6) is 0 Å². The molecular weight excluding hydrogens is 230 g/mol. The van der Waals surface area contributed by atoms with E-state index in [0.717, 1.165) is 26.2 Å². The Morgan fingerprint density at radius 2 is 1.61 bits per heavy atom. The lowest BCUT2D eigenvalue weighted by molar-refractivity contribution is 0.0222. The van der Waals surface area contributed by atoms with Crippen LogP contribution in [0.15, 0.2) is 0 Å². The molecule has 0 spiro atoms.